The molecule has 5 heteroatoms. The van der Waals surface area contributed by atoms with E-state index in [0.717, 1.165) is 29.7 Å². The Labute approximate surface area is 173 Å². The predicted octanol–water partition coefficient (Wildman–Crippen LogP) is 3.53. The minimum atomic E-state index is 0.00342. The molecule has 1 fully saturated rings. The summed E-state index contributed by atoms with van der Waals surface area (Å²) in [6.45, 7) is 4.66. The van der Waals surface area contributed by atoms with Crippen LogP contribution in [0.15, 0.2) is 54.6 Å². The minimum Gasteiger partial charge on any atom is -0.497 e. The predicted molar refractivity (Wildman–Crippen MR) is 114 cm³/mol. The molecule has 0 aliphatic carbocycles. The largest absolute Gasteiger partial charge is 0.497 e. The number of nitrogens with zero attached hydrogens (tertiary/aromatic N) is 2. The van der Waals surface area contributed by atoms with E-state index in [2.05, 4.69) is 12.1 Å². The first-order chi connectivity index (χ1) is 14.1. The summed E-state index contributed by atoms with van der Waals surface area (Å²) < 4.78 is 5.16. The Morgan fingerprint density at radius 3 is 2.24 bits per heavy atom. The van der Waals surface area contributed by atoms with Gasteiger partial charge >= 0.3 is 0 Å². The molecule has 5 nitrogen and oxygen atoms in total. The Hall–Kier alpha value is -2.82. The third kappa shape index (κ3) is 5.59. The molecule has 0 spiro atoms. The fraction of sp³-hybridized carbons (Fsp3) is 0.417. The highest BCUT2D eigenvalue weighted by molar-refractivity contribution is 5.81. The number of hydrogen-bond acceptors (Lipinski definition) is 3. The third-order valence-electron chi connectivity index (χ3n) is 5.62. The van der Waals surface area contributed by atoms with E-state index in [9.17, 15) is 9.59 Å². The van der Waals surface area contributed by atoms with E-state index >= 15 is 0 Å². The average molecular weight is 395 g/mol. The molecular formula is C24H30N2O3. The minimum absolute atomic E-state index is 0.00342. The molecule has 0 unspecified atom stereocenters. The van der Waals surface area contributed by atoms with E-state index in [0.29, 0.717) is 32.6 Å². The number of methoxy groups -OCH3 is 1. The van der Waals surface area contributed by atoms with Gasteiger partial charge in [0.15, 0.2) is 0 Å². The Morgan fingerprint density at radius 2 is 1.66 bits per heavy atom. The van der Waals surface area contributed by atoms with Gasteiger partial charge in [-0.25, -0.2) is 0 Å². The molecule has 0 bridgehead atoms. The lowest BCUT2D eigenvalue weighted by atomic mass is 9.94. The van der Waals surface area contributed by atoms with Gasteiger partial charge in [0.1, 0.15) is 5.75 Å². The molecule has 1 aliphatic heterocycles. The molecule has 0 N–H and O–H groups in total. The molecule has 3 rings (SSSR count). The van der Waals surface area contributed by atoms with Crippen LogP contribution in [0, 0.1) is 5.92 Å². The van der Waals surface area contributed by atoms with Crippen molar-refractivity contribution in [2.75, 3.05) is 26.7 Å². The second-order valence-electron chi connectivity index (χ2n) is 7.52. The smallest absolute Gasteiger partial charge is 0.226 e. The maximum Gasteiger partial charge on any atom is 0.226 e. The molecule has 2 aromatic rings. The first-order valence-corrected chi connectivity index (χ1v) is 10.3. The number of likely N-dealkylation sites (tertiary alicyclic amines) is 1. The normalized spacial score (nSPS) is 14.5. The average Bonchev–Trinajstić information content (AvgIpc) is 2.78. The summed E-state index contributed by atoms with van der Waals surface area (Å²) >= 11 is 0. The molecule has 1 saturated heterocycles. The van der Waals surface area contributed by atoms with E-state index < -0.39 is 0 Å². The highest BCUT2D eigenvalue weighted by Gasteiger charge is 2.29. The first kappa shape index (κ1) is 20.9. The van der Waals surface area contributed by atoms with E-state index in [1.165, 1.54) is 0 Å². The second kappa shape index (κ2) is 10.1. The van der Waals surface area contributed by atoms with E-state index in [1.54, 1.807) is 7.11 Å². The van der Waals surface area contributed by atoms with Gasteiger partial charge in [0.05, 0.1) is 13.5 Å². The molecule has 1 heterocycles. The van der Waals surface area contributed by atoms with Gasteiger partial charge in [0, 0.05) is 32.1 Å². The lowest BCUT2D eigenvalue weighted by molar-refractivity contribution is -0.140. The Kier molecular flexibility index (Phi) is 7.28. The van der Waals surface area contributed by atoms with Crippen LogP contribution in [0.5, 0.6) is 5.75 Å². The standard InChI is InChI=1S/C24H30N2O3/c1-3-25(18-20-7-5-4-6-8-20)24(28)21-13-15-26(16-14-21)23(27)17-19-9-11-22(29-2)12-10-19/h4-12,21H,3,13-18H2,1-2H3. The highest BCUT2D eigenvalue weighted by atomic mass is 16.5. The molecule has 154 valence electrons. The van der Waals surface area contributed by atoms with Crippen LogP contribution in [0.4, 0.5) is 0 Å². The van der Waals surface area contributed by atoms with Gasteiger partial charge in [0.25, 0.3) is 0 Å². The molecule has 1 aliphatic rings. The van der Waals surface area contributed by atoms with Gasteiger partial charge in [-0.3, -0.25) is 9.59 Å². The Morgan fingerprint density at radius 1 is 1.00 bits per heavy atom. The maximum atomic E-state index is 13.0. The van der Waals surface area contributed by atoms with Crippen molar-refractivity contribution in [3.63, 3.8) is 0 Å². The Bertz CT molecular complexity index is 797. The summed E-state index contributed by atoms with van der Waals surface area (Å²) in [4.78, 5) is 29.4. The van der Waals surface area contributed by atoms with Gasteiger partial charge in [-0.15, -0.1) is 0 Å². The zero-order valence-corrected chi connectivity index (χ0v) is 17.3. The number of rotatable bonds is 7. The van der Waals surface area contributed by atoms with E-state index in [4.69, 9.17) is 4.74 Å². The van der Waals surface area contributed by atoms with Gasteiger partial charge < -0.3 is 14.5 Å². The molecule has 0 atom stereocenters. The van der Waals surface area contributed by atoms with Crippen LogP contribution in [-0.4, -0.2) is 48.4 Å². The van der Waals surface area contributed by atoms with Gasteiger partial charge in [0.2, 0.25) is 11.8 Å². The fourth-order valence-corrected chi connectivity index (χ4v) is 3.81. The van der Waals surface area contributed by atoms with Crippen molar-refractivity contribution in [3.8, 4) is 5.75 Å². The lowest BCUT2D eigenvalue weighted by Gasteiger charge is -2.34. The third-order valence-corrected chi connectivity index (χ3v) is 5.62. The molecule has 2 aromatic carbocycles. The first-order valence-electron chi connectivity index (χ1n) is 10.3. The van der Waals surface area contributed by atoms with Crippen LogP contribution in [0.2, 0.25) is 0 Å². The molecule has 2 amide bonds. The molecular weight excluding hydrogens is 364 g/mol. The van der Waals surface area contributed by atoms with Gasteiger partial charge in [-0.1, -0.05) is 42.5 Å². The van der Waals surface area contributed by atoms with Crippen LogP contribution < -0.4 is 4.74 Å². The monoisotopic (exact) mass is 394 g/mol. The summed E-state index contributed by atoms with van der Waals surface area (Å²) in [5, 5.41) is 0. The summed E-state index contributed by atoms with van der Waals surface area (Å²) in [5.41, 5.74) is 2.13. The number of benzene rings is 2. The summed E-state index contributed by atoms with van der Waals surface area (Å²) in [5.74, 6) is 1.12. The van der Waals surface area contributed by atoms with Crippen molar-refractivity contribution in [3.05, 3.63) is 65.7 Å². The summed E-state index contributed by atoms with van der Waals surface area (Å²) in [6, 6.07) is 17.7. The zero-order valence-electron chi connectivity index (χ0n) is 17.3. The van der Waals surface area contributed by atoms with Crippen molar-refractivity contribution in [1.82, 2.24) is 9.80 Å². The number of carbonyl (C=O) groups excluding carboxylic acids is 2. The second-order valence-corrected chi connectivity index (χ2v) is 7.52. The lowest BCUT2D eigenvalue weighted by Crippen LogP contribution is -2.44. The number of piperidine rings is 1. The molecule has 0 radical (unpaired) electrons. The SMILES string of the molecule is CCN(Cc1ccccc1)C(=O)C1CCN(C(=O)Cc2ccc(OC)cc2)CC1. The Balaban J connectivity index is 1.50. The number of carbonyl (C=O) groups is 2. The van der Waals surface area contributed by atoms with Crippen LogP contribution in [0.1, 0.15) is 30.9 Å². The number of ether oxygens (including phenoxy) is 1. The maximum absolute atomic E-state index is 13.0. The molecule has 0 saturated carbocycles. The summed E-state index contributed by atoms with van der Waals surface area (Å²) in [6.07, 6.45) is 1.86. The van der Waals surface area contributed by atoms with Crippen molar-refractivity contribution < 1.29 is 14.3 Å². The van der Waals surface area contributed by atoms with Crippen LogP contribution in [0.3, 0.4) is 0 Å². The molecule has 29 heavy (non-hydrogen) atoms. The van der Waals surface area contributed by atoms with E-state index in [1.807, 2.05) is 59.2 Å². The van der Waals surface area contributed by atoms with Crippen molar-refractivity contribution >= 4 is 11.8 Å². The number of amides is 2. The van der Waals surface area contributed by atoms with Gasteiger partial charge in [-0.2, -0.15) is 0 Å². The highest BCUT2D eigenvalue weighted by Crippen LogP contribution is 2.22. The van der Waals surface area contributed by atoms with Crippen molar-refractivity contribution in [2.45, 2.75) is 32.7 Å². The van der Waals surface area contributed by atoms with Crippen LogP contribution in [-0.2, 0) is 22.6 Å². The number of hydrogen-bond donors (Lipinski definition) is 0. The van der Waals surface area contributed by atoms with Crippen molar-refractivity contribution in [2.24, 2.45) is 5.92 Å². The quantitative estimate of drug-likeness (QED) is 0.722. The van der Waals surface area contributed by atoms with Crippen molar-refractivity contribution in [1.29, 1.82) is 0 Å². The van der Waals surface area contributed by atoms with Gasteiger partial charge in [-0.05, 0) is 43.0 Å². The summed E-state index contributed by atoms with van der Waals surface area (Å²) in [7, 11) is 1.63. The molecule has 0 aromatic heterocycles. The van der Waals surface area contributed by atoms with E-state index in [-0.39, 0.29) is 17.7 Å². The fourth-order valence-electron chi connectivity index (χ4n) is 3.81. The topological polar surface area (TPSA) is 49.9 Å². The van der Waals surface area contributed by atoms with Crippen LogP contribution >= 0.6 is 0 Å². The van der Waals surface area contributed by atoms with Crippen LogP contribution in [0.25, 0.3) is 0 Å². The zero-order chi connectivity index (χ0) is 20.6.